The van der Waals surface area contributed by atoms with E-state index in [1.165, 1.54) is 14.2 Å². The monoisotopic (exact) mass is 530 g/mol. The third-order valence-corrected chi connectivity index (χ3v) is 6.48. The Morgan fingerprint density at radius 1 is 0.568 bits per heavy atom. The van der Waals surface area contributed by atoms with Crippen LogP contribution in [0.2, 0.25) is 0 Å². The molecule has 11 heteroatoms. The quantitative estimate of drug-likeness (QED) is 0.429. The number of carbonyl (C=O) groups excluding carboxylic acids is 4. The van der Waals surface area contributed by atoms with Crippen LogP contribution in [0.4, 0.5) is 0 Å². The Bertz CT molecular complexity index is 660. The summed E-state index contributed by atoms with van der Waals surface area (Å²) in [5.41, 5.74) is 0. The van der Waals surface area contributed by atoms with Crippen molar-refractivity contribution >= 4 is 23.8 Å². The van der Waals surface area contributed by atoms with Gasteiger partial charge in [0.25, 0.3) is 0 Å². The van der Waals surface area contributed by atoms with E-state index in [9.17, 15) is 19.2 Å². The lowest BCUT2D eigenvalue weighted by atomic mass is 9.96. The van der Waals surface area contributed by atoms with Crippen molar-refractivity contribution in [2.75, 3.05) is 80.0 Å². The van der Waals surface area contributed by atoms with E-state index < -0.39 is 0 Å². The van der Waals surface area contributed by atoms with Crippen LogP contribution in [0.3, 0.4) is 0 Å². The fraction of sp³-hybridized carbons (Fsp3) is 0.846. The van der Waals surface area contributed by atoms with Crippen molar-refractivity contribution in [3.8, 4) is 0 Å². The van der Waals surface area contributed by atoms with Gasteiger partial charge in [0.15, 0.2) is 0 Å². The molecule has 0 bridgehead atoms. The average Bonchev–Trinajstić information content (AvgIpc) is 2.90. The van der Waals surface area contributed by atoms with Gasteiger partial charge in [0, 0.05) is 38.0 Å². The predicted octanol–water partition coefficient (Wildman–Crippen LogP) is 1.38. The Morgan fingerprint density at radius 3 is 1.16 bits per heavy atom. The van der Waals surface area contributed by atoms with Crippen LogP contribution in [0.5, 0.6) is 0 Å². The molecule has 1 heterocycles. The third-order valence-electron chi connectivity index (χ3n) is 6.48. The fourth-order valence-corrected chi connectivity index (χ4v) is 4.27. The van der Waals surface area contributed by atoms with Gasteiger partial charge in [-0.15, -0.1) is 0 Å². The summed E-state index contributed by atoms with van der Waals surface area (Å²) in [6.07, 6.45) is 0.781. The van der Waals surface area contributed by atoms with Crippen LogP contribution < -0.4 is 0 Å². The topological polar surface area (TPSA) is 121 Å². The van der Waals surface area contributed by atoms with Crippen molar-refractivity contribution in [2.24, 2.45) is 23.7 Å². The van der Waals surface area contributed by atoms with E-state index >= 15 is 0 Å². The summed E-state index contributed by atoms with van der Waals surface area (Å²) in [7, 11) is 2.68. The molecule has 1 rings (SSSR count). The molecule has 0 aromatic carbocycles. The van der Waals surface area contributed by atoms with Crippen LogP contribution in [-0.4, -0.2) is 114 Å². The van der Waals surface area contributed by atoms with E-state index in [1.807, 2.05) is 0 Å². The maximum atomic E-state index is 13.1. The summed E-state index contributed by atoms with van der Waals surface area (Å²) in [4.78, 5) is 53.0. The van der Waals surface area contributed by atoms with Crippen LogP contribution in [0, 0.1) is 23.7 Å². The highest BCUT2D eigenvalue weighted by molar-refractivity contribution is 5.80. The molecule has 0 aliphatic carbocycles. The maximum Gasteiger partial charge on any atom is 0.308 e. The van der Waals surface area contributed by atoms with Crippen LogP contribution in [0.1, 0.15) is 40.5 Å². The molecule has 11 nitrogen and oxygen atoms in total. The summed E-state index contributed by atoms with van der Waals surface area (Å²) >= 11 is 0. The number of esters is 2. The Labute approximate surface area is 221 Å². The van der Waals surface area contributed by atoms with Gasteiger partial charge in [0.1, 0.15) is 0 Å². The van der Waals surface area contributed by atoms with E-state index in [-0.39, 0.29) is 47.4 Å². The van der Waals surface area contributed by atoms with Gasteiger partial charge < -0.3 is 33.5 Å². The molecule has 0 unspecified atom stereocenters. The molecule has 214 valence electrons. The molecule has 0 spiro atoms. The molecule has 0 N–H and O–H groups in total. The highest BCUT2D eigenvalue weighted by Gasteiger charge is 2.27. The Kier molecular flexibility index (Phi) is 16.0. The number of hydrogen-bond donors (Lipinski definition) is 0. The van der Waals surface area contributed by atoms with Gasteiger partial charge in [0.2, 0.25) is 11.8 Å². The number of nitrogens with zero attached hydrogens (tertiary/aromatic N) is 2. The van der Waals surface area contributed by atoms with Gasteiger partial charge in [-0.2, -0.15) is 0 Å². The van der Waals surface area contributed by atoms with Gasteiger partial charge >= 0.3 is 11.9 Å². The van der Waals surface area contributed by atoms with Crippen molar-refractivity contribution < 1.29 is 42.9 Å². The smallest absolute Gasteiger partial charge is 0.308 e. The van der Waals surface area contributed by atoms with Crippen molar-refractivity contribution in [1.29, 1.82) is 0 Å². The molecule has 0 aromatic rings. The lowest BCUT2D eigenvalue weighted by molar-refractivity contribution is -0.147. The van der Waals surface area contributed by atoms with Crippen molar-refractivity contribution in [3.63, 3.8) is 0 Å². The van der Waals surface area contributed by atoms with Gasteiger partial charge in [-0.25, -0.2) is 0 Å². The number of ether oxygens (including phenoxy) is 5. The van der Waals surface area contributed by atoms with E-state index in [0.29, 0.717) is 78.7 Å². The molecular weight excluding hydrogens is 484 g/mol. The summed E-state index contributed by atoms with van der Waals surface area (Å²) in [5, 5.41) is 0. The molecule has 1 fully saturated rings. The van der Waals surface area contributed by atoms with E-state index in [4.69, 9.17) is 23.7 Å². The van der Waals surface area contributed by atoms with Crippen molar-refractivity contribution in [1.82, 2.24) is 9.80 Å². The Balaban J connectivity index is 2.72. The van der Waals surface area contributed by atoms with Crippen LogP contribution in [0.15, 0.2) is 0 Å². The van der Waals surface area contributed by atoms with Crippen LogP contribution in [0.25, 0.3) is 0 Å². The van der Waals surface area contributed by atoms with Crippen molar-refractivity contribution in [2.45, 2.75) is 40.5 Å². The molecule has 1 aliphatic rings. The predicted molar refractivity (Wildman–Crippen MR) is 136 cm³/mol. The van der Waals surface area contributed by atoms with Gasteiger partial charge in [0.05, 0.1) is 65.7 Å². The summed E-state index contributed by atoms with van der Waals surface area (Å²) in [6, 6.07) is 0. The molecule has 0 saturated carbocycles. The first-order chi connectivity index (χ1) is 17.6. The Morgan fingerprint density at radius 2 is 0.865 bits per heavy atom. The lowest BCUT2D eigenvalue weighted by Gasteiger charge is -2.27. The normalized spacial score (nSPS) is 19.9. The standard InChI is InChI=1S/C26H46N2O9/c1-19(17-21(3)25(31)33-5)23(29)27-7-11-35-12-8-28(10-14-37-16-15-36-13-9-27)24(30)20(2)18-22(4)26(32)34-6/h19-22H,7-18H2,1-6H3/t19-,20-,21-,22+/m1/s1. The largest absolute Gasteiger partial charge is 0.469 e. The lowest BCUT2D eigenvalue weighted by Crippen LogP contribution is -2.42. The molecule has 1 saturated heterocycles. The highest BCUT2D eigenvalue weighted by Crippen LogP contribution is 2.17. The van der Waals surface area contributed by atoms with Crippen molar-refractivity contribution in [3.05, 3.63) is 0 Å². The first kappa shape index (κ1) is 32.8. The number of carbonyl (C=O) groups is 4. The summed E-state index contributed by atoms with van der Waals surface area (Å²) in [5.74, 6) is -2.30. The maximum absolute atomic E-state index is 13.1. The molecule has 4 atom stereocenters. The first-order valence-corrected chi connectivity index (χ1v) is 13.1. The zero-order valence-electron chi connectivity index (χ0n) is 23.4. The number of rotatable bonds is 8. The third kappa shape index (κ3) is 12.2. The summed E-state index contributed by atoms with van der Waals surface area (Å²) in [6.45, 7) is 10.7. The van der Waals surface area contributed by atoms with Gasteiger partial charge in [-0.05, 0) is 12.8 Å². The average molecular weight is 531 g/mol. The van der Waals surface area contributed by atoms with E-state index in [0.717, 1.165) is 0 Å². The van der Waals surface area contributed by atoms with Gasteiger partial charge in [-0.1, -0.05) is 27.7 Å². The number of methoxy groups -OCH3 is 2. The fourth-order valence-electron chi connectivity index (χ4n) is 4.27. The minimum Gasteiger partial charge on any atom is -0.469 e. The SMILES string of the molecule is COC(=O)[C@H](C)C[C@@H](C)C(=O)N1CCOCCOCCN(C(=O)[C@H](C)C[C@H](C)C(=O)OC)CCOCC1. The van der Waals surface area contributed by atoms with Crippen LogP contribution in [-0.2, 0) is 42.9 Å². The molecule has 1 aliphatic heterocycles. The second kappa shape index (κ2) is 18.1. The van der Waals surface area contributed by atoms with E-state index in [1.54, 1.807) is 37.5 Å². The Hall–Kier alpha value is -2.24. The first-order valence-electron chi connectivity index (χ1n) is 13.1. The minimum absolute atomic E-state index is 0.0751. The van der Waals surface area contributed by atoms with E-state index in [2.05, 4.69) is 0 Å². The highest BCUT2D eigenvalue weighted by atomic mass is 16.5. The molecule has 0 aromatic heterocycles. The molecular formula is C26H46N2O9. The zero-order valence-corrected chi connectivity index (χ0v) is 23.4. The number of hydrogen-bond acceptors (Lipinski definition) is 9. The molecule has 37 heavy (non-hydrogen) atoms. The second-order valence-electron chi connectivity index (χ2n) is 9.61. The number of amides is 2. The second-order valence-corrected chi connectivity index (χ2v) is 9.61. The summed E-state index contributed by atoms with van der Waals surface area (Å²) < 4.78 is 26.6. The minimum atomic E-state index is -0.376. The zero-order chi connectivity index (χ0) is 27.8. The van der Waals surface area contributed by atoms with Gasteiger partial charge in [-0.3, -0.25) is 19.2 Å². The van der Waals surface area contributed by atoms with Crippen LogP contribution >= 0.6 is 0 Å². The molecule has 2 amide bonds. The molecule has 0 radical (unpaired) electrons.